The van der Waals surface area contributed by atoms with Crippen molar-refractivity contribution in [1.82, 2.24) is 5.32 Å². The highest BCUT2D eigenvalue weighted by atomic mass is 16.7. The lowest BCUT2D eigenvalue weighted by Crippen LogP contribution is -2.60. The number of unbranched alkanes of at least 4 members (excludes halogenated alkanes) is 39. The summed E-state index contributed by atoms with van der Waals surface area (Å²) < 4.78 is 11.3. The van der Waals surface area contributed by atoms with Crippen molar-refractivity contribution in [3.8, 4) is 0 Å². The summed E-state index contributed by atoms with van der Waals surface area (Å²) in [5.74, 6) is -0.170. The van der Waals surface area contributed by atoms with E-state index in [1.54, 1.807) is 6.08 Å². The van der Waals surface area contributed by atoms with E-state index in [0.29, 0.717) is 6.42 Å². The van der Waals surface area contributed by atoms with E-state index in [9.17, 15) is 30.3 Å². The van der Waals surface area contributed by atoms with E-state index in [1.165, 1.54) is 225 Å². The summed E-state index contributed by atoms with van der Waals surface area (Å²) in [6, 6.07) is -0.800. The van der Waals surface area contributed by atoms with Gasteiger partial charge in [-0.15, -0.1) is 0 Å². The fraction of sp³-hybridized carbons (Fsp3) is 0.946. The molecule has 7 atom stereocenters. The maximum atomic E-state index is 13.0. The normalized spacial score (nSPS) is 19.9. The van der Waals surface area contributed by atoms with Gasteiger partial charge in [0.05, 0.1) is 25.4 Å². The molecular weight excluding hydrogens is 815 g/mol. The molecule has 1 fully saturated rings. The minimum absolute atomic E-state index is 0.170. The van der Waals surface area contributed by atoms with Crippen LogP contribution in [0.3, 0.4) is 0 Å². The fourth-order valence-corrected chi connectivity index (χ4v) is 9.34. The highest BCUT2D eigenvalue weighted by Gasteiger charge is 2.44. The second kappa shape index (κ2) is 46.6. The molecule has 386 valence electrons. The number of ether oxygens (including phenoxy) is 2. The van der Waals surface area contributed by atoms with Gasteiger partial charge >= 0.3 is 0 Å². The Balaban J connectivity index is 2.21. The Morgan fingerprint density at radius 3 is 1.20 bits per heavy atom. The van der Waals surface area contributed by atoms with Crippen molar-refractivity contribution in [2.45, 2.75) is 326 Å². The largest absolute Gasteiger partial charge is 0.394 e. The van der Waals surface area contributed by atoms with E-state index in [0.717, 1.165) is 38.5 Å². The molecule has 0 spiro atoms. The molecule has 7 unspecified atom stereocenters. The molecule has 6 N–H and O–H groups in total. The number of hydrogen-bond acceptors (Lipinski definition) is 8. The first kappa shape index (κ1) is 61.9. The molecule has 9 heteroatoms. The molecular formula is C56H109NO8. The molecule has 0 bridgehead atoms. The average Bonchev–Trinajstić information content (AvgIpc) is 3.31. The first-order valence-electron chi connectivity index (χ1n) is 28.4. The number of carbonyl (C=O) groups excluding carboxylic acids is 1. The number of nitrogens with one attached hydrogen (secondary N) is 1. The first-order valence-corrected chi connectivity index (χ1v) is 28.4. The smallest absolute Gasteiger partial charge is 0.220 e. The number of hydrogen-bond donors (Lipinski definition) is 6. The van der Waals surface area contributed by atoms with Crippen LogP contribution in [0.2, 0.25) is 0 Å². The Bertz CT molecular complexity index is 1030. The van der Waals surface area contributed by atoms with E-state index >= 15 is 0 Å². The predicted molar refractivity (Wildman–Crippen MR) is 272 cm³/mol. The van der Waals surface area contributed by atoms with Gasteiger partial charge in [0.15, 0.2) is 6.29 Å². The van der Waals surface area contributed by atoms with Crippen LogP contribution in [0.25, 0.3) is 0 Å². The summed E-state index contributed by atoms with van der Waals surface area (Å²) in [5.41, 5.74) is 0. The average molecular weight is 924 g/mol. The third kappa shape index (κ3) is 36.6. The third-order valence-corrected chi connectivity index (χ3v) is 13.9. The number of aliphatic hydroxyl groups excluding tert-OH is 5. The summed E-state index contributed by atoms with van der Waals surface area (Å²) in [7, 11) is 0. The number of aliphatic hydroxyl groups is 5. The van der Waals surface area contributed by atoms with Gasteiger partial charge in [-0.3, -0.25) is 4.79 Å². The summed E-state index contributed by atoms with van der Waals surface area (Å²) in [4.78, 5) is 13.0. The lowest BCUT2D eigenvalue weighted by molar-refractivity contribution is -0.302. The minimum atomic E-state index is -1.56. The van der Waals surface area contributed by atoms with Crippen molar-refractivity contribution in [2.75, 3.05) is 13.2 Å². The number of allylic oxidation sites excluding steroid dienone is 1. The van der Waals surface area contributed by atoms with Gasteiger partial charge < -0.3 is 40.3 Å². The molecule has 0 aliphatic carbocycles. The molecule has 0 radical (unpaired) electrons. The summed E-state index contributed by atoms with van der Waals surface area (Å²) in [6.45, 7) is 3.82. The highest BCUT2D eigenvalue weighted by Crippen LogP contribution is 2.23. The van der Waals surface area contributed by atoms with Crippen molar-refractivity contribution in [2.24, 2.45) is 0 Å². The molecule has 65 heavy (non-hydrogen) atoms. The van der Waals surface area contributed by atoms with Crippen LogP contribution in [0.4, 0.5) is 0 Å². The Morgan fingerprint density at radius 1 is 0.508 bits per heavy atom. The molecule has 1 aliphatic heterocycles. The van der Waals surface area contributed by atoms with Gasteiger partial charge in [-0.2, -0.15) is 0 Å². The van der Waals surface area contributed by atoms with Crippen molar-refractivity contribution in [1.29, 1.82) is 0 Å². The van der Waals surface area contributed by atoms with Crippen LogP contribution >= 0.6 is 0 Å². The molecule has 1 rings (SSSR count). The quantitative estimate of drug-likeness (QED) is 0.0261. The van der Waals surface area contributed by atoms with Gasteiger partial charge in [-0.05, 0) is 19.3 Å². The Hall–Kier alpha value is -1.07. The zero-order valence-electron chi connectivity index (χ0n) is 42.8. The standard InChI is InChI=1S/C56H109NO8/c1-3-5-7-9-11-13-15-17-19-21-23-24-25-26-27-28-30-32-34-36-38-40-42-44-46-52(60)57-49(48-64-56-55(63)54(62)53(61)51(47-58)65-56)50(59)45-43-41-39-37-35-33-31-29-22-20-18-16-14-12-10-8-6-4-2/h43,45,49-51,53-56,58-59,61-63H,3-42,44,46-48H2,1-2H3,(H,57,60)/b45-43+. The molecule has 0 saturated carbocycles. The minimum Gasteiger partial charge on any atom is -0.394 e. The monoisotopic (exact) mass is 924 g/mol. The number of amides is 1. The first-order chi connectivity index (χ1) is 31.8. The summed E-state index contributed by atoms with van der Waals surface area (Å²) >= 11 is 0. The highest BCUT2D eigenvalue weighted by molar-refractivity contribution is 5.76. The second-order valence-electron chi connectivity index (χ2n) is 20.1. The SMILES string of the molecule is CCCCCCCCCCCCCCCCCC/C=C/C(O)C(COC1OC(CO)C(O)C(O)C1O)NC(=O)CCCCCCCCCCCCCCCCCCCCCCCCCC. The van der Waals surface area contributed by atoms with Crippen molar-refractivity contribution in [3.05, 3.63) is 12.2 Å². The van der Waals surface area contributed by atoms with Crippen LogP contribution in [0.15, 0.2) is 12.2 Å². The van der Waals surface area contributed by atoms with Crippen molar-refractivity contribution in [3.63, 3.8) is 0 Å². The van der Waals surface area contributed by atoms with Crippen LogP contribution in [-0.2, 0) is 14.3 Å². The zero-order chi connectivity index (χ0) is 47.3. The Morgan fingerprint density at radius 2 is 0.846 bits per heavy atom. The van der Waals surface area contributed by atoms with Gasteiger partial charge in [0.2, 0.25) is 5.91 Å². The van der Waals surface area contributed by atoms with E-state index in [4.69, 9.17) is 9.47 Å². The zero-order valence-corrected chi connectivity index (χ0v) is 42.8. The molecule has 1 heterocycles. The maximum absolute atomic E-state index is 13.0. The number of carbonyl (C=O) groups is 1. The van der Waals surface area contributed by atoms with Gasteiger partial charge in [0.25, 0.3) is 0 Å². The molecule has 0 aromatic carbocycles. The fourth-order valence-electron chi connectivity index (χ4n) is 9.34. The molecule has 1 aliphatic rings. The molecule has 1 saturated heterocycles. The van der Waals surface area contributed by atoms with Crippen molar-refractivity contribution >= 4 is 5.91 Å². The topological polar surface area (TPSA) is 149 Å². The molecule has 1 amide bonds. The summed E-state index contributed by atoms with van der Waals surface area (Å²) in [6.07, 6.45) is 49.9. The Kier molecular flexibility index (Phi) is 44.5. The lowest BCUT2D eigenvalue weighted by Gasteiger charge is -2.40. The van der Waals surface area contributed by atoms with Gasteiger partial charge in [-0.25, -0.2) is 0 Å². The van der Waals surface area contributed by atoms with Crippen LogP contribution in [0, 0.1) is 0 Å². The van der Waals surface area contributed by atoms with Crippen LogP contribution in [0.5, 0.6) is 0 Å². The second-order valence-corrected chi connectivity index (χ2v) is 20.1. The van der Waals surface area contributed by atoms with Gasteiger partial charge in [0, 0.05) is 6.42 Å². The lowest BCUT2D eigenvalue weighted by atomic mass is 9.99. The predicted octanol–water partition coefficient (Wildman–Crippen LogP) is 13.6. The van der Waals surface area contributed by atoms with E-state index in [2.05, 4.69) is 19.2 Å². The van der Waals surface area contributed by atoms with E-state index in [1.807, 2.05) is 6.08 Å². The Labute approximate surface area is 401 Å². The van der Waals surface area contributed by atoms with Crippen LogP contribution in [0.1, 0.15) is 284 Å². The molecule has 0 aromatic heterocycles. The van der Waals surface area contributed by atoms with Gasteiger partial charge in [-0.1, -0.05) is 270 Å². The number of rotatable bonds is 49. The van der Waals surface area contributed by atoms with Crippen LogP contribution < -0.4 is 5.32 Å². The van der Waals surface area contributed by atoms with Crippen molar-refractivity contribution < 1.29 is 39.8 Å². The van der Waals surface area contributed by atoms with Gasteiger partial charge in [0.1, 0.15) is 24.4 Å². The molecule has 0 aromatic rings. The maximum Gasteiger partial charge on any atom is 0.220 e. The van der Waals surface area contributed by atoms with Crippen LogP contribution in [-0.4, -0.2) is 87.5 Å². The molecule has 9 nitrogen and oxygen atoms in total. The summed E-state index contributed by atoms with van der Waals surface area (Å²) in [5, 5.41) is 54.5. The van der Waals surface area contributed by atoms with E-state index < -0.39 is 49.5 Å². The third-order valence-electron chi connectivity index (χ3n) is 13.9. The van der Waals surface area contributed by atoms with E-state index in [-0.39, 0.29) is 12.5 Å².